The van der Waals surface area contributed by atoms with Crippen molar-refractivity contribution in [2.75, 3.05) is 88.3 Å². The zero-order chi connectivity index (χ0) is 73.6. The highest BCUT2D eigenvalue weighted by atomic mass is 16.7. The lowest BCUT2D eigenvalue weighted by atomic mass is 9.85. The lowest BCUT2D eigenvalue weighted by Gasteiger charge is -2.50. The van der Waals surface area contributed by atoms with E-state index >= 15 is 33.6 Å². The normalized spacial score (nSPS) is 28.1. The van der Waals surface area contributed by atoms with Crippen LogP contribution in [0.15, 0.2) is 5.11 Å². The number of likely N-dealkylation sites (N-methyl/N-ethyl adjacent to an activating group) is 6. The van der Waals surface area contributed by atoms with Crippen molar-refractivity contribution >= 4 is 64.7 Å². The van der Waals surface area contributed by atoms with E-state index in [1.54, 1.807) is 48.5 Å². The van der Waals surface area contributed by atoms with E-state index in [1.807, 2.05) is 48.5 Å². The summed E-state index contributed by atoms with van der Waals surface area (Å²) in [6.45, 7) is 32.4. The Morgan fingerprint density at radius 2 is 1.10 bits per heavy atom. The molecule has 27 nitrogen and oxygen atoms in total. The highest BCUT2D eigenvalue weighted by Crippen LogP contribution is 2.35. The van der Waals surface area contributed by atoms with E-state index in [-0.39, 0.29) is 75.3 Å². The summed E-state index contributed by atoms with van der Waals surface area (Å²) < 4.78 is 11.9. The van der Waals surface area contributed by atoms with E-state index in [9.17, 15) is 19.2 Å². The minimum absolute atomic E-state index is 0.0391. The molecule has 3 aliphatic rings. The first-order chi connectivity index (χ1) is 45.4. The second kappa shape index (κ2) is 40.1. The van der Waals surface area contributed by atoms with Crippen LogP contribution < -0.4 is 10.6 Å². The number of hydrogen-bond donors (Lipinski definition) is 2. The molecular weight excluding hydrogens is 1250 g/mol. The second-order valence-corrected chi connectivity index (χ2v) is 29.6. The molecule has 14 atom stereocenters. The van der Waals surface area contributed by atoms with E-state index < -0.39 is 155 Å². The number of nitrogens with zero attached hydrogens (tertiary/aromatic N) is 11. The first-order valence-corrected chi connectivity index (χ1v) is 35.6. The number of ketones is 2. The Bertz CT molecular complexity index is 2700. The van der Waals surface area contributed by atoms with Crippen molar-refractivity contribution in [1.82, 2.24) is 50.0 Å². The summed E-state index contributed by atoms with van der Waals surface area (Å²) >= 11 is 0. The maximum Gasteiger partial charge on any atom is 0.270 e. The summed E-state index contributed by atoms with van der Waals surface area (Å²) in [4.78, 5) is 183. The minimum atomic E-state index is -1.33. The molecule has 552 valence electrons. The lowest BCUT2D eigenvalue weighted by molar-refractivity contribution is -0.322. The standard InChI is InChI=1S/C70H123N13O14/c1-23-52-67(91)76(17)49(15)65(89)81(22)59(50(16)96-33-27-26-30-82-31-34-95-35-32-82)57(85)40-51(44(8)9)66(90)77(18)53(36-41(2)3)56(84)39-47(13)62(86)73-48(14)64(88)78(19)54(37-42(4)5)68(92)79(20)55(38-43(6)7)69(93)80(21)58(45(10)11)70(94)83-60(63(87)74-52)61(97-83)46(12)28-24-25-29-72-75-71/h41-55,58-61H,23-40H2,1-22H3,(H,73,86)(H,74,87)/t46-,47-,48-,49-,50-,51+,52+,53+,54+,55+,58+,59+,60+,61-/m1/s1. The van der Waals surface area contributed by atoms with Gasteiger partial charge < -0.3 is 49.5 Å². The van der Waals surface area contributed by atoms with Crippen LogP contribution >= 0.6 is 0 Å². The fraction of sp³-hybridized carbons (Fsp3) is 0.843. The van der Waals surface area contributed by atoms with Crippen molar-refractivity contribution in [2.45, 2.75) is 248 Å². The van der Waals surface area contributed by atoms with Crippen LogP contribution in [0.25, 0.3) is 10.4 Å². The number of hydroxylamine groups is 2. The predicted octanol–water partition coefficient (Wildman–Crippen LogP) is 6.15. The lowest BCUT2D eigenvalue weighted by Crippen LogP contribution is -2.72. The number of rotatable bonds is 22. The average Bonchev–Trinajstić information content (AvgIpc) is 0.755. The number of ether oxygens (including phenoxy) is 2. The molecule has 0 aromatic heterocycles. The first-order valence-electron chi connectivity index (χ1n) is 35.6. The van der Waals surface area contributed by atoms with Crippen LogP contribution in [0.1, 0.15) is 181 Å². The highest BCUT2D eigenvalue weighted by molar-refractivity contribution is 6.00. The van der Waals surface area contributed by atoms with E-state index in [0.717, 1.165) is 31.1 Å². The maximum atomic E-state index is 15.3. The Kier molecular flexibility index (Phi) is 35.1. The number of azide groups is 1. The van der Waals surface area contributed by atoms with Gasteiger partial charge in [0.25, 0.3) is 5.91 Å². The molecule has 3 fully saturated rings. The van der Waals surface area contributed by atoms with E-state index in [2.05, 4.69) is 25.6 Å². The smallest absolute Gasteiger partial charge is 0.270 e. The van der Waals surface area contributed by atoms with Gasteiger partial charge in [0, 0.05) is 98.1 Å². The van der Waals surface area contributed by atoms with Gasteiger partial charge in [0.1, 0.15) is 48.4 Å². The Morgan fingerprint density at radius 3 is 1.64 bits per heavy atom. The third-order valence-electron chi connectivity index (χ3n) is 19.6. The molecule has 2 N–H and O–H groups in total. The van der Waals surface area contributed by atoms with Crippen LogP contribution in [-0.4, -0.2) is 259 Å². The van der Waals surface area contributed by atoms with Gasteiger partial charge in [-0.3, -0.25) is 62.5 Å². The molecule has 3 saturated heterocycles. The van der Waals surface area contributed by atoms with Gasteiger partial charge in [0.2, 0.25) is 47.3 Å². The molecule has 3 rings (SSSR count). The molecule has 0 radical (unpaired) electrons. The number of nitrogens with one attached hydrogen (secondary N) is 2. The van der Waals surface area contributed by atoms with Gasteiger partial charge >= 0.3 is 0 Å². The molecule has 97 heavy (non-hydrogen) atoms. The fourth-order valence-corrected chi connectivity index (χ4v) is 13.3. The Hall–Kier alpha value is -6.28. The number of hydrogen-bond acceptors (Lipinski definition) is 16. The molecule has 0 spiro atoms. The van der Waals surface area contributed by atoms with Crippen molar-refractivity contribution in [1.29, 1.82) is 0 Å². The Labute approximate surface area is 578 Å². The van der Waals surface area contributed by atoms with E-state index in [0.29, 0.717) is 38.9 Å². The highest BCUT2D eigenvalue weighted by Gasteiger charge is 2.55. The van der Waals surface area contributed by atoms with Crippen LogP contribution in [-0.2, 0) is 67.1 Å². The molecule has 0 aliphatic carbocycles. The third-order valence-corrected chi connectivity index (χ3v) is 19.6. The van der Waals surface area contributed by atoms with Crippen molar-refractivity contribution in [3.63, 3.8) is 0 Å². The van der Waals surface area contributed by atoms with E-state index in [4.69, 9.17) is 19.8 Å². The summed E-state index contributed by atoms with van der Waals surface area (Å²) in [6, 6.07) is -10.8. The zero-order valence-corrected chi connectivity index (χ0v) is 62.8. The first kappa shape index (κ1) is 84.9. The van der Waals surface area contributed by atoms with Crippen LogP contribution in [0.5, 0.6) is 0 Å². The van der Waals surface area contributed by atoms with Crippen molar-refractivity contribution < 1.29 is 67.1 Å². The number of carbonyl (C=O) groups excluding carboxylic acids is 11. The second-order valence-electron chi connectivity index (χ2n) is 29.6. The summed E-state index contributed by atoms with van der Waals surface area (Å²) in [5.74, 6) is -10.4. The monoisotopic (exact) mass is 1370 g/mol. The molecular formula is C70H123N13O14. The molecule has 3 aliphatic heterocycles. The van der Waals surface area contributed by atoms with Gasteiger partial charge in [0.05, 0.1) is 25.4 Å². The largest absolute Gasteiger partial charge is 0.379 e. The minimum Gasteiger partial charge on any atom is -0.379 e. The quantitative estimate of drug-likeness (QED) is 0.0532. The topological polar surface area (TPSA) is 314 Å². The number of morpholine rings is 1. The van der Waals surface area contributed by atoms with Crippen molar-refractivity contribution in [2.24, 2.45) is 52.5 Å². The van der Waals surface area contributed by atoms with Crippen LogP contribution in [0.4, 0.5) is 0 Å². The summed E-state index contributed by atoms with van der Waals surface area (Å²) in [7, 11) is 8.78. The van der Waals surface area contributed by atoms with E-state index in [1.165, 1.54) is 85.5 Å². The van der Waals surface area contributed by atoms with Gasteiger partial charge in [-0.1, -0.05) is 102 Å². The number of Topliss-reactive ketones (excluding diaryl/α,β-unsaturated/α-hetero) is 2. The number of unbranched alkanes of at least 4 members (excludes halogenated alkanes) is 2. The van der Waals surface area contributed by atoms with Crippen molar-refractivity contribution in [3.05, 3.63) is 10.4 Å². The van der Waals surface area contributed by atoms with Gasteiger partial charge in [-0.05, 0) is 120 Å². The molecule has 0 unspecified atom stereocenters. The molecule has 27 heteroatoms. The number of amides is 9. The molecule has 0 aromatic carbocycles. The fourth-order valence-electron chi connectivity index (χ4n) is 13.3. The molecule has 0 bridgehead atoms. The Morgan fingerprint density at radius 1 is 0.567 bits per heavy atom. The maximum absolute atomic E-state index is 15.3. The Balaban J connectivity index is 2.29. The van der Waals surface area contributed by atoms with Gasteiger partial charge in [-0.15, -0.1) is 0 Å². The number of carbonyl (C=O) groups is 11. The third kappa shape index (κ3) is 23.7. The van der Waals surface area contributed by atoms with Crippen LogP contribution in [0.3, 0.4) is 0 Å². The molecule has 9 amide bonds. The average molecular weight is 1370 g/mol. The molecule has 3 heterocycles. The molecule has 0 saturated carbocycles. The predicted molar refractivity (Wildman–Crippen MR) is 369 cm³/mol. The van der Waals surface area contributed by atoms with Gasteiger partial charge in [-0.25, -0.2) is 5.06 Å². The van der Waals surface area contributed by atoms with Gasteiger partial charge in [-0.2, -0.15) is 0 Å². The summed E-state index contributed by atoms with van der Waals surface area (Å²) in [5, 5.41) is 10.2. The molecule has 0 aromatic rings. The zero-order valence-electron chi connectivity index (χ0n) is 62.8. The number of fused-ring (bicyclic) bond motifs is 1. The van der Waals surface area contributed by atoms with Crippen LogP contribution in [0.2, 0.25) is 0 Å². The van der Waals surface area contributed by atoms with Gasteiger partial charge in [0.15, 0.2) is 17.6 Å². The summed E-state index contributed by atoms with van der Waals surface area (Å²) in [5.41, 5.74) is 8.90. The van der Waals surface area contributed by atoms with Crippen molar-refractivity contribution in [3.8, 4) is 0 Å². The summed E-state index contributed by atoms with van der Waals surface area (Å²) in [6.07, 6.45) is 1.14. The van der Waals surface area contributed by atoms with Crippen LogP contribution in [0, 0.1) is 47.3 Å². The SMILES string of the molecule is CC[C@@H]1NC(=O)[C@@H]2[C@@H]([C@H](C)CCCCN=[N+]=[N-])ON2C(=O)[C@H](C(C)C)N(C)C(=O)[C@H](CC(C)C)N(C)C(=O)[C@H](CC(C)C)N(C)C(=O)[C@@H](C)NC(=O)[C@H](C)CC(=O)[C@H](CC(C)C)N(C)C(=O)[C@H](C(C)C)CC(=O)[C@H]([C@@H](C)OCCCCN2CCOCC2)N(C)C(=O)[C@@H](C)N(C)C1=O.